The summed E-state index contributed by atoms with van der Waals surface area (Å²) in [6, 6.07) is 11.9. The summed E-state index contributed by atoms with van der Waals surface area (Å²) in [5, 5.41) is 11.8. The van der Waals surface area contributed by atoms with Crippen LogP contribution in [-0.4, -0.2) is 6.61 Å². The van der Waals surface area contributed by atoms with Crippen LogP contribution in [0, 0.1) is 17.1 Å². The minimum atomic E-state index is -2.86. The van der Waals surface area contributed by atoms with Gasteiger partial charge in [-0.2, -0.15) is 14.0 Å². The summed E-state index contributed by atoms with van der Waals surface area (Å²) in [5.41, 5.74) is 1.52. The lowest BCUT2D eigenvalue weighted by atomic mass is 10.1. The lowest BCUT2D eigenvalue weighted by Crippen LogP contribution is -2.03. The Labute approximate surface area is 119 Å². The Morgan fingerprint density at radius 1 is 1.14 bits per heavy atom. The average molecular weight is 292 g/mol. The number of rotatable bonds is 5. The predicted octanol–water partition coefficient (Wildman–Crippen LogP) is 3.91. The molecular formula is C15H11F3N2O. The van der Waals surface area contributed by atoms with Crippen molar-refractivity contribution >= 4 is 5.69 Å². The third kappa shape index (κ3) is 4.42. The largest absolute Gasteiger partial charge is 0.435 e. The van der Waals surface area contributed by atoms with Gasteiger partial charge in [-0.1, -0.05) is 0 Å². The standard InChI is InChI=1S/C15H11F3N2O/c16-12-6-10(8-19)5-11(7-12)9-20-13-1-3-14(4-2-13)21-15(17)18/h1-7,15,20H,9H2. The summed E-state index contributed by atoms with van der Waals surface area (Å²) >= 11 is 0. The molecule has 0 aliphatic heterocycles. The van der Waals surface area contributed by atoms with Crippen molar-refractivity contribution in [2.45, 2.75) is 13.2 Å². The monoisotopic (exact) mass is 292 g/mol. The zero-order valence-corrected chi connectivity index (χ0v) is 10.8. The molecule has 108 valence electrons. The molecule has 0 saturated heterocycles. The van der Waals surface area contributed by atoms with E-state index in [1.807, 2.05) is 6.07 Å². The van der Waals surface area contributed by atoms with Crippen molar-refractivity contribution in [3.8, 4) is 11.8 Å². The number of nitriles is 1. The van der Waals surface area contributed by atoms with Crippen LogP contribution in [0.15, 0.2) is 42.5 Å². The Morgan fingerprint density at radius 2 is 1.86 bits per heavy atom. The number of halogens is 3. The van der Waals surface area contributed by atoms with Gasteiger partial charge in [-0.15, -0.1) is 0 Å². The molecule has 2 aromatic rings. The Bertz CT molecular complexity index is 651. The van der Waals surface area contributed by atoms with Gasteiger partial charge in [0.2, 0.25) is 0 Å². The van der Waals surface area contributed by atoms with Crippen LogP contribution in [0.5, 0.6) is 5.75 Å². The predicted molar refractivity (Wildman–Crippen MR) is 71.5 cm³/mol. The van der Waals surface area contributed by atoms with Gasteiger partial charge >= 0.3 is 6.61 Å². The van der Waals surface area contributed by atoms with Gasteiger partial charge in [0.15, 0.2) is 0 Å². The molecule has 0 unspecified atom stereocenters. The lowest BCUT2D eigenvalue weighted by Gasteiger charge is -2.09. The number of nitrogens with one attached hydrogen (secondary N) is 1. The van der Waals surface area contributed by atoms with Crippen molar-refractivity contribution in [2.75, 3.05) is 5.32 Å². The van der Waals surface area contributed by atoms with E-state index >= 15 is 0 Å². The van der Waals surface area contributed by atoms with Crippen molar-refractivity contribution in [1.82, 2.24) is 0 Å². The molecule has 6 heteroatoms. The Morgan fingerprint density at radius 3 is 2.48 bits per heavy atom. The highest BCUT2D eigenvalue weighted by Gasteiger charge is 2.04. The van der Waals surface area contributed by atoms with E-state index in [-0.39, 0.29) is 11.3 Å². The Hall–Kier alpha value is -2.68. The summed E-state index contributed by atoms with van der Waals surface area (Å²) in [6.07, 6.45) is 0. The minimum absolute atomic E-state index is 0.0630. The van der Waals surface area contributed by atoms with Gasteiger partial charge < -0.3 is 10.1 Å². The van der Waals surface area contributed by atoms with Crippen LogP contribution in [-0.2, 0) is 6.54 Å². The van der Waals surface area contributed by atoms with Gasteiger partial charge in [0.05, 0.1) is 11.6 Å². The molecule has 0 fully saturated rings. The summed E-state index contributed by atoms with van der Waals surface area (Å²) in [6.45, 7) is -2.55. The fourth-order valence-electron chi connectivity index (χ4n) is 1.78. The molecular weight excluding hydrogens is 281 g/mol. The van der Waals surface area contributed by atoms with Gasteiger partial charge in [0, 0.05) is 12.2 Å². The maximum Gasteiger partial charge on any atom is 0.387 e. The number of hydrogen-bond donors (Lipinski definition) is 1. The highest BCUT2D eigenvalue weighted by molar-refractivity contribution is 5.47. The second kappa shape index (κ2) is 6.66. The van der Waals surface area contributed by atoms with Crippen LogP contribution in [0.4, 0.5) is 18.9 Å². The third-order valence-electron chi connectivity index (χ3n) is 2.66. The van der Waals surface area contributed by atoms with E-state index in [2.05, 4.69) is 10.1 Å². The van der Waals surface area contributed by atoms with Crippen molar-refractivity contribution in [2.24, 2.45) is 0 Å². The first-order valence-corrected chi connectivity index (χ1v) is 6.05. The third-order valence-corrected chi connectivity index (χ3v) is 2.66. The second-order valence-electron chi connectivity index (χ2n) is 4.22. The average Bonchev–Trinajstić information content (AvgIpc) is 2.45. The number of nitrogens with zero attached hydrogens (tertiary/aromatic N) is 1. The maximum atomic E-state index is 13.2. The van der Waals surface area contributed by atoms with E-state index < -0.39 is 12.4 Å². The van der Waals surface area contributed by atoms with Crippen LogP contribution >= 0.6 is 0 Å². The van der Waals surface area contributed by atoms with Crippen LogP contribution in [0.25, 0.3) is 0 Å². The molecule has 0 saturated carbocycles. The SMILES string of the molecule is N#Cc1cc(F)cc(CNc2ccc(OC(F)F)cc2)c1. The highest BCUT2D eigenvalue weighted by atomic mass is 19.3. The molecule has 0 aliphatic carbocycles. The van der Waals surface area contributed by atoms with Crippen LogP contribution in [0.2, 0.25) is 0 Å². The summed E-state index contributed by atoms with van der Waals surface area (Å²) in [4.78, 5) is 0. The molecule has 0 heterocycles. The Kier molecular flexibility index (Phi) is 4.67. The zero-order valence-electron chi connectivity index (χ0n) is 10.8. The molecule has 0 aliphatic rings. The highest BCUT2D eigenvalue weighted by Crippen LogP contribution is 2.18. The molecule has 0 bridgehead atoms. The van der Waals surface area contributed by atoms with Gasteiger partial charge in [-0.25, -0.2) is 4.39 Å². The quantitative estimate of drug-likeness (QED) is 0.908. The first-order valence-electron chi connectivity index (χ1n) is 6.05. The molecule has 2 rings (SSSR count). The summed E-state index contributed by atoms with van der Waals surface area (Å²) < 4.78 is 41.5. The number of ether oxygens (including phenoxy) is 1. The molecule has 0 amide bonds. The normalized spacial score (nSPS) is 10.2. The topological polar surface area (TPSA) is 45.0 Å². The number of benzene rings is 2. The molecule has 1 N–H and O–H groups in total. The molecule has 0 spiro atoms. The summed E-state index contributed by atoms with van der Waals surface area (Å²) in [5.74, 6) is -0.417. The van der Waals surface area contributed by atoms with Crippen LogP contribution in [0.3, 0.4) is 0 Å². The first-order chi connectivity index (χ1) is 10.1. The van der Waals surface area contributed by atoms with Crippen LogP contribution in [0.1, 0.15) is 11.1 Å². The smallest absolute Gasteiger partial charge is 0.387 e. The minimum Gasteiger partial charge on any atom is -0.435 e. The molecule has 21 heavy (non-hydrogen) atoms. The zero-order chi connectivity index (χ0) is 15.2. The van der Waals surface area contributed by atoms with E-state index in [1.54, 1.807) is 18.2 Å². The van der Waals surface area contributed by atoms with E-state index in [9.17, 15) is 13.2 Å². The maximum absolute atomic E-state index is 13.2. The van der Waals surface area contributed by atoms with Crippen LogP contribution < -0.4 is 10.1 Å². The van der Waals surface area contributed by atoms with Crippen molar-refractivity contribution in [1.29, 1.82) is 5.26 Å². The first kappa shape index (κ1) is 14.7. The van der Waals surface area contributed by atoms with E-state index in [0.717, 1.165) is 6.07 Å². The molecule has 0 aromatic heterocycles. The van der Waals surface area contributed by atoms with Gasteiger partial charge in [0.25, 0.3) is 0 Å². The van der Waals surface area contributed by atoms with Crippen molar-refractivity contribution < 1.29 is 17.9 Å². The fourth-order valence-corrected chi connectivity index (χ4v) is 1.78. The summed E-state index contributed by atoms with van der Waals surface area (Å²) in [7, 11) is 0. The molecule has 0 atom stereocenters. The number of anilines is 1. The molecule has 3 nitrogen and oxygen atoms in total. The molecule has 0 radical (unpaired) electrons. The molecule has 2 aromatic carbocycles. The number of alkyl halides is 2. The van der Waals surface area contributed by atoms with E-state index in [4.69, 9.17) is 5.26 Å². The lowest BCUT2D eigenvalue weighted by molar-refractivity contribution is -0.0498. The second-order valence-corrected chi connectivity index (χ2v) is 4.22. The van der Waals surface area contributed by atoms with Gasteiger partial charge in [-0.05, 0) is 48.0 Å². The van der Waals surface area contributed by atoms with Gasteiger partial charge in [0.1, 0.15) is 11.6 Å². The fraction of sp³-hybridized carbons (Fsp3) is 0.133. The van der Waals surface area contributed by atoms with E-state index in [0.29, 0.717) is 17.8 Å². The van der Waals surface area contributed by atoms with Crippen molar-refractivity contribution in [3.05, 3.63) is 59.4 Å². The Balaban J connectivity index is 2.00. The van der Waals surface area contributed by atoms with Gasteiger partial charge in [-0.3, -0.25) is 0 Å². The van der Waals surface area contributed by atoms with Crippen molar-refractivity contribution in [3.63, 3.8) is 0 Å². The van der Waals surface area contributed by atoms with E-state index in [1.165, 1.54) is 18.2 Å². The number of hydrogen-bond acceptors (Lipinski definition) is 3.